The molecule has 1 aliphatic heterocycles. The number of hydrogen-bond donors (Lipinski definition) is 0. The quantitative estimate of drug-likeness (QED) is 0.742. The highest BCUT2D eigenvalue weighted by Gasteiger charge is 2.37. The van der Waals surface area contributed by atoms with Crippen LogP contribution < -0.4 is 5.56 Å². The average molecular weight is 329 g/mol. The summed E-state index contributed by atoms with van der Waals surface area (Å²) in [6, 6.07) is -0.582. The molecule has 0 amide bonds. The van der Waals surface area contributed by atoms with E-state index in [1.165, 1.54) is 10.8 Å². The highest BCUT2D eigenvalue weighted by Crippen LogP contribution is 2.34. The first-order valence-corrected chi connectivity index (χ1v) is 7.00. The van der Waals surface area contributed by atoms with Crippen LogP contribution in [0.25, 0.3) is 0 Å². The normalized spacial score (nSPS) is 22.2. The van der Waals surface area contributed by atoms with E-state index in [0.717, 1.165) is 0 Å². The Morgan fingerprint density at radius 1 is 1.53 bits per heavy atom. The summed E-state index contributed by atoms with van der Waals surface area (Å²) in [4.78, 5) is 28.6. The minimum Gasteiger partial charge on any atom is -0.458 e. The number of aromatic nitrogens is 2. The van der Waals surface area contributed by atoms with Crippen molar-refractivity contribution in [1.29, 1.82) is 0 Å². The van der Waals surface area contributed by atoms with Crippen molar-refractivity contribution in [2.24, 2.45) is 0 Å². The predicted molar refractivity (Wildman–Crippen MR) is 74.1 cm³/mol. The fourth-order valence-corrected chi connectivity index (χ4v) is 2.54. The van der Waals surface area contributed by atoms with Crippen molar-refractivity contribution < 1.29 is 9.53 Å². The molecule has 1 aromatic rings. The lowest BCUT2D eigenvalue weighted by atomic mass is 10.1. The maximum absolute atomic E-state index is 12.2. The lowest BCUT2D eigenvalue weighted by Crippen LogP contribution is -2.33. The molecule has 1 aliphatic rings. The van der Waals surface area contributed by atoms with E-state index in [1.54, 1.807) is 0 Å². The van der Waals surface area contributed by atoms with Gasteiger partial charge in [0, 0.05) is 12.1 Å². The van der Waals surface area contributed by atoms with Gasteiger partial charge in [-0.05, 0) is 43.1 Å². The van der Waals surface area contributed by atoms with Crippen LogP contribution in [0, 0.1) is 0 Å². The van der Waals surface area contributed by atoms with Gasteiger partial charge in [-0.1, -0.05) is 6.92 Å². The molecular formula is C13H17BrN2O3. The molecule has 0 bridgehead atoms. The van der Waals surface area contributed by atoms with E-state index in [-0.39, 0.29) is 17.4 Å². The number of carbonyl (C=O) groups excluding carboxylic acids is 1. The van der Waals surface area contributed by atoms with Crippen molar-refractivity contribution >= 4 is 21.9 Å². The number of nitrogens with zero attached hydrogens (tertiary/aromatic N) is 2. The molecule has 2 heterocycles. The number of esters is 1. The summed E-state index contributed by atoms with van der Waals surface area (Å²) in [7, 11) is 0. The Morgan fingerprint density at radius 3 is 2.74 bits per heavy atom. The van der Waals surface area contributed by atoms with Gasteiger partial charge in [0.15, 0.2) is 0 Å². The summed E-state index contributed by atoms with van der Waals surface area (Å²) in [6.07, 6.45) is 2.04. The fraction of sp³-hybridized carbons (Fsp3) is 0.615. The topological polar surface area (TPSA) is 61.2 Å². The Hall–Kier alpha value is -1.17. The van der Waals surface area contributed by atoms with E-state index >= 15 is 0 Å². The van der Waals surface area contributed by atoms with Gasteiger partial charge < -0.3 is 4.74 Å². The molecule has 0 spiro atoms. The zero-order valence-corrected chi connectivity index (χ0v) is 13.0. The van der Waals surface area contributed by atoms with Crippen LogP contribution >= 0.6 is 15.9 Å². The van der Waals surface area contributed by atoms with Gasteiger partial charge in [-0.15, -0.1) is 0 Å². The molecule has 6 heteroatoms. The van der Waals surface area contributed by atoms with Gasteiger partial charge in [0.2, 0.25) is 0 Å². The number of hydrogen-bond acceptors (Lipinski definition) is 4. The SMILES string of the molecule is C[C@@H]1C[C@@H](C(=O)OC(C)(C)C)n2c1ncc(Br)c2=O. The molecule has 19 heavy (non-hydrogen) atoms. The summed E-state index contributed by atoms with van der Waals surface area (Å²) in [6.45, 7) is 7.39. The van der Waals surface area contributed by atoms with Gasteiger partial charge in [0.1, 0.15) is 21.9 Å². The third-order valence-corrected chi connectivity index (χ3v) is 3.53. The Balaban J connectivity index is 2.41. The second-order valence-corrected chi connectivity index (χ2v) is 6.68. The Kier molecular flexibility index (Phi) is 3.55. The number of halogens is 1. The highest BCUT2D eigenvalue weighted by atomic mass is 79.9. The standard InChI is InChI=1S/C13H17BrN2O3/c1-7-5-9(12(18)19-13(2,3)4)16-10(7)15-6-8(14)11(16)17/h6-7,9H,5H2,1-4H3/t7-,9+/m1/s1. The zero-order valence-electron chi connectivity index (χ0n) is 11.4. The molecule has 1 aromatic heterocycles. The molecule has 104 valence electrons. The molecule has 5 nitrogen and oxygen atoms in total. The van der Waals surface area contributed by atoms with E-state index in [4.69, 9.17) is 4.74 Å². The second-order valence-electron chi connectivity index (χ2n) is 5.83. The number of ether oxygens (including phenoxy) is 1. The minimum atomic E-state index is -0.582. The summed E-state index contributed by atoms with van der Waals surface area (Å²) in [5.41, 5.74) is -0.795. The van der Waals surface area contributed by atoms with Crippen LogP contribution in [0.15, 0.2) is 15.5 Å². The van der Waals surface area contributed by atoms with Gasteiger partial charge in [-0.3, -0.25) is 9.36 Å². The summed E-state index contributed by atoms with van der Waals surface area (Å²) in [5, 5.41) is 0. The fourth-order valence-electron chi connectivity index (χ4n) is 2.24. The third-order valence-electron chi connectivity index (χ3n) is 2.99. The van der Waals surface area contributed by atoms with E-state index in [1.807, 2.05) is 27.7 Å². The Bertz CT molecular complexity index is 574. The van der Waals surface area contributed by atoms with Crippen LogP contribution in [-0.4, -0.2) is 21.1 Å². The van der Waals surface area contributed by atoms with Crippen LogP contribution in [0.5, 0.6) is 0 Å². The van der Waals surface area contributed by atoms with Crippen molar-refractivity contribution in [2.75, 3.05) is 0 Å². The predicted octanol–water partition coefficient (Wildman–Crippen LogP) is 2.40. The van der Waals surface area contributed by atoms with E-state index in [2.05, 4.69) is 20.9 Å². The number of carbonyl (C=O) groups is 1. The summed E-state index contributed by atoms with van der Waals surface area (Å²) in [5.74, 6) is 0.336. The first kappa shape index (κ1) is 14.2. The van der Waals surface area contributed by atoms with Crippen molar-refractivity contribution in [2.45, 2.75) is 51.7 Å². The van der Waals surface area contributed by atoms with E-state index in [0.29, 0.717) is 16.7 Å². The Labute approximate surface area is 120 Å². The number of fused-ring (bicyclic) bond motifs is 1. The minimum absolute atomic E-state index is 0.0679. The average Bonchev–Trinajstić information content (AvgIpc) is 2.60. The van der Waals surface area contributed by atoms with Crippen molar-refractivity contribution in [3.8, 4) is 0 Å². The van der Waals surface area contributed by atoms with Crippen LogP contribution in [0.4, 0.5) is 0 Å². The van der Waals surface area contributed by atoms with Gasteiger partial charge in [0.05, 0.1) is 0 Å². The molecule has 0 aromatic carbocycles. The molecule has 0 saturated carbocycles. The Morgan fingerprint density at radius 2 is 2.16 bits per heavy atom. The lowest BCUT2D eigenvalue weighted by molar-refractivity contribution is -0.159. The molecule has 2 atom stereocenters. The van der Waals surface area contributed by atoms with Crippen molar-refractivity contribution in [1.82, 2.24) is 9.55 Å². The molecule has 0 fully saturated rings. The molecule has 2 rings (SSSR count). The van der Waals surface area contributed by atoms with Gasteiger partial charge >= 0.3 is 5.97 Å². The maximum atomic E-state index is 12.2. The van der Waals surface area contributed by atoms with Crippen LogP contribution in [0.2, 0.25) is 0 Å². The third kappa shape index (κ3) is 2.73. The van der Waals surface area contributed by atoms with Crippen LogP contribution in [-0.2, 0) is 9.53 Å². The van der Waals surface area contributed by atoms with Gasteiger partial charge in [0.25, 0.3) is 5.56 Å². The maximum Gasteiger partial charge on any atom is 0.329 e. The highest BCUT2D eigenvalue weighted by molar-refractivity contribution is 9.10. The van der Waals surface area contributed by atoms with Crippen LogP contribution in [0.1, 0.15) is 51.9 Å². The molecule has 0 unspecified atom stereocenters. The molecule has 0 aliphatic carbocycles. The smallest absolute Gasteiger partial charge is 0.329 e. The monoisotopic (exact) mass is 328 g/mol. The van der Waals surface area contributed by atoms with Crippen LogP contribution in [0.3, 0.4) is 0 Å². The van der Waals surface area contributed by atoms with E-state index < -0.39 is 11.6 Å². The van der Waals surface area contributed by atoms with Crippen molar-refractivity contribution in [3.05, 3.63) is 26.8 Å². The molecule has 0 N–H and O–H groups in total. The molecule has 0 radical (unpaired) electrons. The first-order chi connectivity index (χ1) is 8.70. The molecule has 0 saturated heterocycles. The van der Waals surface area contributed by atoms with Gasteiger partial charge in [-0.2, -0.15) is 0 Å². The molecular weight excluding hydrogens is 312 g/mol. The zero-order chi connectivity index (χ0) is 14.4. The van der Waals surface area contributed by atoms with Gasteiger partial charge in [-0.25, -0.2) is 9.78 Å². The van der Waals surface area contributed by atoms with Crippen molar-refractivity contribution in [3.63, 3.8) is 0 Å². The van der Waals surface area contributed by atoms with E-state index in [9.17, 15) is 9.59 Å². The summed E-state index contributed by atoms with van der Waals surface area (Å²) < 4.78 is 7.19. The number of rotatable bonds is 1. The lowest BCUT2D eigenvalue weighted by Gasteiger charge is -2.22. The largest absolute Gasteiger partial charge is 0.458 e. The second kappa shape index (κ2) is 4.74. The first-order valence-electron chi connectivity index (χ1n) is 6.20. The summed E-state index contributed by atoms with van der Waals surface area (Å²) >= 11 is 3.16.